The van der Waals surface area contributed by atoms with E-state index in [4.69, 9.17) is 0 Å². The van der Waals surface area contributed by atoms with Crippen molar-refractivity contribution in [2.75, 3.05) is 26.2 Å². The molecule has 31 heavy (non-hydrogen) atoms. The first kappa shape index (κ1) is 22.4. The van der Waals surface area contributed by atoms with Crippen molar-refractivity contribution in [1.29, 1.82) is 0 Å². The van der Waals surface area contributed by atoms with Crippen LogP contribution in [0.15, 0.2) is 23.0 Å². The van der Waals surface area contributed by atoms with Crippen molar-refractivity contribution in [3.63, 3.8) is 0 Å². The van der Waals surface area contributed by atoms with Crippen LogP contribution in [0.4, 0.5) is 17.6 Å². The van der Waals surface area contributed by atoms with Gasteiger partial charge in [0.15, 0.2) is 0 Å². The minimum Gasteiger partial charge on any atom is -0.330 e. The van der Waals surface area contributed by atoms with E-state index < -0.39 is 36.9 Å². The molecule has 1 aliphatic rings. The van der Waals surface area contributed by atoms with Crippen LogP contribution in [-0.2, 0) is 11.2 Å². The largest absolute Gasteiger partial charge is 0.406 e. The third-order valence-corrected chi connectivity index (χ3v) is 5.24. The number of nitrogens with one attached hydrogen (secondary N) is 1. The van der Waals surface area contributed by atoms with E-state index >= 15 is 0 Å². The van der Waals surface area contributed by atoms with Crippen molar-refractivity contribution in [1.82, 2.24) is 20.0 Å². The van der Waals surface area contributed by atoms with E-state index in [9.17, 15) is 31.9 Å². The Morgan fingerprint density at radius 2 is 1.87 bits per heavy atom. The van der Waals surface area contributed by atoms with Crippen LogP contribution in [0.1, 0.15) is 32.7 Å². The van der Waals surface area contributed by atoms with E-state index in [1.165, 1.54) is 12.1 Å². The van der Waals surface area contributed by atoms with Crippen LogP contribution in [0, 0.1) is 19.7 Å². The monoisotopic (exact) mass is 440 g/mol. The molecule has 0 atom stereocenters. The van der Waals surface area contributed by atoms with E-state index in [0.717, 1.165) is 11.0 Å². The van der Waals surface area contributed by atoms with Crippen molar-refractivity contribution in [3.05, 3.63) is 62.3 Å². The lowest BCUT2D eigenvalue weighted by molar-refractivity contribution is -0.164. The van der Waals surface area contributed by atoms with E-state index in [1.54, 1.807) is 13.8 Å². The maximum atomic E-state index is 14.4. The number of benzene rings is 1. The van der Waals surface area contributed by atoms with Crippen LogP contribution in [0.5, 0.6) is 0 Å². The average molecular weight is 440 g/mol. The quantitative estimate of drug-likeness (QED) is 0.737. The number of aromatic nitrogens is 2. The van der Waals surface area contributed by atoms with Crippen molar-refractivity contribution in [2.24, 2.45) is 0 Å². The molecule has 166 valence electrons. The smallest absolute Gasteiger partial charge is 0.330 e. The second kappa shape index (κ2) is 8.48. The summed E-state index contributed by atoms with van der Waals surface area (Å²) >= 11 is 0. The van der Waals surface area contributed by atoms with Gasteiger partial charge >= 0.3 is 6.18 Å². The molecule has 0 unspecified atom stereocenters. The number of carbonyl (C=O) groups is 2. The van der Waals surface area contributed by atoms with Gasteiger partial charge in [-0.05, 0) is 37.1 Å². The van der Waals surface area contributed by atoms with E-state index in [2.05, 4.69) is 10.2 Å². The molecule has 1 N–H and O–H groups in total. The van der Waals surface area contributed by atoms with Crippen LogP contribution >= 0.6 is 0 Å². The molecule has 0 radical (unpaired) electrons. The Morgan fingerprint density at radius 1 is 1.16 bits per heavy atom. The molecule has 1 aromatic heterocycles. The molecule has 1 saturated heterocycles. The molecule has 2 amide bonds. The Morgan fingerprint density at radius 3 is 2.52 bits per heavy atom. The summed E-state index contributed by atoms with van der Waals surface area (Å²) in [5.41, 5.74) is 1.68. The van der Waals surface area contributed by atoms with Gasteiger partial charge in [0, 0.05) is 25.1 Å². The van der Waals surface area contributed by atoms with Gasteiger partial charge in [0.1, 0.15) is 18.9 Å². The number of alkyl halides is 3. The molecular weight excluding hydrogens is 420 g/mol. The number of rotatable bonds is 4. The number of halogens is 4. The van der Waals surface area contributed by atoms with Crippen LogP contribution in [-0.4, -0.2) is 64.2 Å². The van der Waals surface area contributed by atoms with E-state index in [1.807, 2.05) is 0 Å². The molecule has 11 heteroatoms. The number of piperazine rings is 1. The summed E-state index contributed by atoms with van der Waals surface area (Å²) in [5.74, 6) is -2.43. The highest BCUT2D eigenvalue weighted by atomic mass is 19.4. The Labute approximate surface area is 174 Å². The molecule has 3 rings (SSSR count). The van der Waals surface area contributed by atoms with Crippen LogP contribution in [0.25, 0.3) is 0 Å². The highest BCUT2D eigenvalue weighted by Gasteiger charge is 2.36. The number of amides is 2. The second-order valence-corrected chi connectivity index (χ2v) is 7.40. The van der Waals surface area contributed by atoms with Crippen LogP contribution < -0.4 is 5.56 Å². The number of hydrogen-bond acceptors (Lipinski definition) is 4. The average Bonchev–Trinajstić information content (AvgIpc) is 2.70. The zero-order valence-corrected chi connectivity index (χ0v) is 16.8. The van der Waals surface area contributed by atoms with Gasteiger partial charge in [-0.2, -0.15) is 18.3 Å². The summed E-state index contributed by atoms with van der Waals surface area (Å²) < 4.78 is 52.0. The lowest BCUT2D eigenvalue weighted by Gasteiger charge is -2.34. The summed E-state index contributed by atoms with van der Waals surface area (Å²) in [4.78, 5) is 38.1. The van der Waals surface area contributed by atoms with Crippen molar-refractivity contribution < 1.29 is 27.2 Å². The topological polar surface area (TPSA) is 86.4 Å². The normalized spacial score (nSPS) is 14.8. The van der Waals surface area contributed by atoms with E-state index in [-0.39, 0.29) is 30.6 Å². The Balaban J connectivity index is 1.78. The highest BCUT2D eigenvalue weighted by Crippen LogP contribution is 2.21. The molecule has 0 saturated carbocycles. The number of H-pyrrole nitrogens is 1. The Hall–Kier alpha value is -3.24. The molecule has 1 aliphatic heterocycles. The second-order valence-electron chi connectivity index (χ2n) is 7.40. The Bertz CT molecular complexity index is 1080. The van der Waals surface area contributed by atoms with Crippen molar-refractivity contribution >= 4 is 11.8 Å². The fraction of sp³-hybridized carbons (Fsp3) is 0.400. The standard InChI is InChI=1S/C20H20F4N4O3/c1-11-12(2)18(30)26-25-16(11)8-13-3-4-15(21)14(7-13)19(31)27-5-6-28(17(29)9-27)10-20(22,23)24/h3-4,7H,5-6,8-10H2,1-2H3,(H,26,30). The highest BCUT2D eigenvalue weighted by molar-refractivity contribution is 5.97. The molecule has 2 aromatic rings. The van der Waals surface area contributed by atoms with Crippen LogP contribution in [0.2, 0.25) is 0 Å². The summed E-state index contributed by atoms with van der Waals surface area (Å²) in [6, 6.07) is 3.91. The lowest BCUT2D eigenvalue weighted by Crippen LogP contribution is -2.54. The summed E-state index contributed by atoms with van der Waals surface area (Å²) in [6.45, 7) is 1.01. The molecule has 2 heterocycles. The van der Waals surface area contributed by atoms with Crippen molar-refractivity contribution in [3.8, 4) is 0 Å². The SMILES string of the molecule is Cc1c(Cc2ccc(F)c(C(=O)N3CCN(CC(F)(F)F)C(=O)C3)c2)n[nH]c(=O)c1C. The first-order valence-corrected chi connectivity index (χ1v) is 9.43. The van der Waals surface area contributed by atoms with Gasteiger partial charge in [0.25, 0.3) is 11.5 Å². The molecule has 0 bridgehead atoms. The predicted molar refractivity (Wildman–Crippen MR) is 102 cm³/mol. The molecular formula is C20H20F4N4O3. The molecule has 0 spiro atoms. The van der Waals surface area contributed by atoms with Crippen molar-refractivity contribution in [2.45, 2.75) is 26.4 Å². The summed E-state index contributed by atoms with van der Waals surface area (Å²) in [6.07, 6.45) is -4.31. The van der Waals surface area contributed by atoms with Gasteiger partial charge in [0.2, 0.25) is 5.91 Å². The minimum absolute atomic E-state index is 0.135. The van der Waals surface area contributed by atoms with Gasteiger partial charge in [-0.25, -0.2) is 9.49 Å². The van der Waals surface area contributed by atoms with E-state index in [0.29, 0.717) is 27.3 Å². The van der Waals surface area contributed by atoms with Gasteiger partial charge in [0.05, 0.1) is 11.3 Å². The first-order valence-electron chi connectivity index (χ1n) is 9.43. The third kappa shape index (κ3) is 5.09. The zero-order chi connectivity index (χ0) is 22.9. The molecule has 7 nitrogen and oxygen atoms in total. The third-order valence-electron chi connectivity index (χ3n) is 5.24. The molecule has 0 aliphatic carbocycles. The van der Waals surface area contributed by atoms with Gasteiger partial charge in [-0.3, -0.25) is 14.4 Å². The maximum Gasteiger partial charge on any atom is 0.406 e. The first-order chi connectivity index (χ1) is 14.5. The van der Waals surface area contributed by atoms with Gasteiger partial charge in [-0.1, -0.05) is 6.07 Å². The minimum atomic E-state index is -4.53. The number of hydrogen-bond donors (Lipinski definition) is 1. The predicted octanol–water partition coefficient (Wildman–Crippen LogP) is 1.96. The number of nitrogens with zero attached hydrogens (tertiary/aromatic N) is 3. The van der Waals surface area contributed by atoms with Gasteiger partial charge in [-0.15, -0.1) is 0 Å². The fourth-order valence-corrected chi connectivity index (χ4v) is 3.32. The van der Waals surface area contributed by atoms with Gasteiger partial charge < -0.3 is 9.80 Å². The maximum absolute atomic E-state index is 14.4. The lowest BCUT2D eigenvalue weighted by atomic mass is 10.0. The number of carbonyl (C=O) groups excluding carboxylic acids is 2. The van der Waals surface area contributed by atoms with Crippen LogP contribution in [0.3, 0.4) is 0 Å². The summed E-state index contributed by atoms with van der Waals surface area (Å²) in [7, 11) is 0. The number of aromatic amines is 1. The zero-order valence-electron chi connectivity index (χ0n) is 16.8. The molecule has 1 fully saturated rings. The molecule has 1 aromatic carbocycles. The summed E-state index contributed by atoms with van der Waals surface area (Å²) in [5, 5.41) is 6.38. The fourth-order valence-electron chi connectivity index (χ4n) is 3.32. The Kier molecular flexibility index (Phi) is 6.14.